The summed E-state index contributed by atoms with van der Waals surface area (Å²) in [5.41, 5.74) is 2.36. The van der Waals surface area contributed by atoms with E-state index < -0.39 is 5.92 Å². The molecule has 0 aliphatic carbocycles. The normalized spacial score (nSPS) is 11.6. The van der Waals surface area contributed by atoms with Gasteiger partial charge in [-0.15, -0.1) is 0 Å². The van der Waals surface area contributed by atoms with Crippen LogP contribution in [0.2, 0.25) is 0 Å². The number of amides is 1. The molecule has 132 valence electrons. The maximum absolute atomic E-state index is 13.3. The summed E-state index contributed by atoms with van der Waals surface area (Å²) in [6, 6.07) is 16.9. The van der Waals surface area contributed by atoms with Crippen molar-refractivity contribution in [3.05, 3.63) is 90.0 Å². The first-order chi connectivity index (χ1) is 12.7. The van der Waals surface area contributed by atoms with Crippen molar-refractivity contribution in [2.45, 2.75) is 12.3 Å². The Labute approximate surface area is 151 Å². The number of rotatable bonds is 6. The second kappa shape index (κ2) is 8.25. The Bertz CT molecular complexity index is 849. The summed E-state index contributed by atoms with van der Waals surface area (Å²) >= 11 is 0. The van der Waals surface area contributed by atoms with Crippen molar-refractivity contribution in [2.75, 3.05) is 12.4 Å². The van der Waals surface area contributed by atoms with E-state index in [4.69, 9.17) is 4.74 Å². The van der Waals surface area contributed by atoms with Crippen molar-refractivity contribution < 1.29 is 13.9 Å². The van der Waals surface area contributed by atoms with E-state index in [-0.39, 0.29) is 11.7 Å². The summed E-state index contributed by atoms with van der Waals surface area (Å²) < 4.78 is 18.4. The van der Waals surface area contributed by atoms with Crippen LogP contribution in [0.4, 0.5) is 10.1 Å². The van der Waals surface area contributed by atoms with Crippen LogP contribution in [0, 0.1) is 5.82 Å². The van der Waals surface area contributed by atoms with Gasteiger partial charge >= 0.3 is 0 Å². The molecule has 1 atom stereocenters. The molecule has 26 heavy (non-hydrogen) atoms. The molecular weight excluding hydrogens is 331 g/mol. The van der Waals surface area contributed by atoms with Gasteiger partial charge in [-0.05, 0) is 60.0 Å². The molecule has 0 aliphatic heterocycles. The third-order valence-corrected chi connectivity index (χ3v) is 4.11. The van der Waals surface area contributed by atoms with Crippen molar-refractivity contribution in [2.24, 2.45) is 0 Å². The Hall–Kier alpha value is -3.21. The predicted molar refractivity (Wildman–Crippen MR) is 98.7 cm³/mol. The quantitative estimate of drug-likeness (QED) is 0.725. The summed E-state index contributed by atoms with van der Waals surface area (Å²) in [6.07, 6.45) is 3.90. The van der Waals surface area contributed by atoms with Crippen LogP contribution >= 0.6 is 0 Å². The molecule has 5 heteroatoms. The number of hydrogen-bond acceptors (Lipinski definition) is 3. The Kier molecular flexibility index (Phi) is 5.59. The lowest BCUT2D eigenvalue weighted by atomic mass is 9.91. The molecule has 0 fully saturated rings. The van der Waals surface area contributed by atoms with E-state index in [1.807, 2.05) is 12.1 Å². The van der Waals surface area contributed by atoms with Gasteiger partial charge in [0, 0.05) is 18.1 Å². The van der Waals surface area contributed by atoms with Gasteiger partial charge in [0.2, 0.25) is 5.91 Å². The lowest BCUT2D eigenvalue weighted by Gasteiger charge is -2.17. The van der Waals surface area contributed by atoms with Crippen molar-refractivity contribution >= 4 is 11.6 Å². The highest BCUT2D eigenvalue weighted by molar-refractivity contribution is 5.96. The Morgan fingerprint density at radius 3 is 2.46 bits per heavy atom. The van der Waals surface area contributed by atoms with Gasteiger partial charge in [0.1, 0.15) is 11.6 Å². The Morgan fingerprint density at radius 1 is 1.12 bits per heavy atom. The van der Waals surface area contributed by atoms with Gasteiger partial charge in [0.15, 0.2) is 0 Å². The first-order valence-electron chi connectivity index (χ1n) is 8.25. The first kappa shape index (κ1) is 17.6. The highest BCUT2D eigenvalue weighted by Crippen LogP contribution is 2.24. The predicted octanol–water partition coefficient (Wildman–Crippen LogP) is 4.19. The van der Waals surface area contributed by atoms with E-state index in [9.17, 15) is 9.18 Å². The van der Waals surface area contributed by atoms with Crippen molar-refractivity contribution in [3.8, 4) is 5.75 Å². The number of benzene rings is 2. The number of hydrogen-bond donors (Lipinski definition) is 1. The minimum absolute atomic E-state index is 0.161. The molecule has 1 unspecified atom stereocenters. The highest BCUT2D eigenvalue weighted by Gasteiger charge is 2.21. The lowest BCUT2D eigenvalue weighted by Crippen LogP contribution is -2.23. The van der Waals surface area contributed by atoms with Crippen LogP contribution in [0.3, 0.4) is 0 Å². The molecule has 0 spiro atoms. The van der Waals surface area contributed by atoms with Gasteiger partial charge in [-0.25, -0.2) is 4.39 Å². The Balaban J connectivity index is 1.83. The fourth-order valence-electron chi connectivity index (χ4n) is 2.72. The fraction of sp³-hybridized carbons (Fsp3) is 0.143. The zero-order valence-corrected chi connectivity index (χ0v) is 14.4. The second-order valence-corrected chi connectivity index (χ2v) is 5.89. The molecule has 0 saturated heterocycles. The van der Waals surface area contributed by atoms with Crippen molar-refractivity contribution in [1.82, 2.24) is 4.98 Å². The molecule has 0 radical (unpaired) electrons. The zero-order chi connectivity index (χ0) is 18.4. The minimum Gasteiger partial charge on any atom is -0.497 e. The second-order valence-electron chi connectivity index (χ2n) is 5.89. The number of ether oxygens (including phenoxy) is 1. The van der Waals surface area contributed by atoms with Gasteiger partial charge in [-0.3, -0.25) is 9.78 Å². The number of halogens is 1. The van der Waals surface area contributed by atoms with Crippen LogP contribution in [-0.2, 0) is 11.2 Å². The molecule has 2 aromatic carbocycles. The van der Waals surface area contributed by atoms with Crippen LogP contribution in [0.15, 0.2) is 73.1 Å². The van der Waals surface area contributed by atoms with Crippen molar-refractivity contribution in [3.63, 3.8) is 0 Å². The van der Waals surface area contributed by atoms with E-state index in [1.54, 1.807) is 55.9 Å². The number of carbonyl (C=O) groups is 1. The zero-order valence-electron chi connectivity index (χ0n) is 14.4. The number of methoxy groups -OCH3 is 1. The largest absolute Gasteiger partial charge is 0.497 e. The van der Waals surface area contributed by atoms with Crippen LogP contribution in [0.1, 0.15) is 17.0 Å². The number of aromatic nitrogens is 1. The average Bonchev–Trinajstić information content (AvgIpc) is 2.68. The summed E-state index contributed by atoms with van der Waals surface area (Å²) in [6.45, 7) is 0. The SMILES string of the molecule is COc1ccc(NC(=O)C(Cc2cccnc2)c2ccc(F)cc2)cc1. The number of nitrogens with zero attached hydrogens (tertiary/aromatic N) is 1. The number of anilines is 1. The number of carbonyl (C=O) groups excluding carboxylic acids is 1. The maximum Gasteiger partial charge on any atom is 0.232 e. The fourth-order valence-corrected chi connectivity index (χ4v) is 2.72. The maximum atomic E-state index is 13.3. The summed E-state index contributed by atoms with van der Waals surface area (Å²) in [7, 11) is 1.59. The summed E-state index contributed by atoms with van der Waals surface area (Å²) in [5, 5.41) is 2.92. The standard InChI is InChI=1S/C21H19FN2O2/c1-26-19-10-8-18(9-11-19)24-21(25)20(13-15-3-2-12-23-14-15)16-4-6-17(22)7-5-16/h2-12,14,20H,13H2,1H3,(H,24,25). The topological polar surface area (TPSA) is 51.2 Å². The van der Waals surface area contributed by atoms with Gasteiger partial charge in [-0.2, -0.15) is 0 Å². The van der Waals surface area contributed by atoms with E-state index in [0.717, 1.165) is 11.1 Å². The summed E-state index contributed by atoms with van der Waals surface area (Å²) in [5.74, 6) is -0.231. The molecule has 4 nitrogen and oxygen atoms in total. The van der Waals surface area contributed by atoms with Crippen LogP contribution in [0.25, 0.3) is 0 Å². The summed E-state index contributed by atoms with van der Waals surface area (Å²) in [4.78, 5) is 17.0. The molecular formula is C21H19FN2O2. The molecule has 1 aromatic heterocycles. The molecule has 1 heterocycles. The third-order valence-electron chi connectivity index (χ3n) is 4.11. The van der Waals surface area contributed by atoms with Crippen LogP contribution < -0.4 is 10.1 Å². The first-order valence-corrected chi connectivity index (χ1v) is 8.25. The van der Waals surface area contributed by atoms with Crippen LogP contribution in [0.5, 0.6) is 5.75 Å². The monoisotopic (exact) mass is 350 g/mol. The van der Waals surface area contributed by atoms with Gasteiger partial charge in [0.25, 0.3) is 0 Å². The molecule has 1 amide bonds. The average molecular weight is 350 g/mol. The Morgan fingerprint density at radius 2 is 1.85 bits per heavy atom. The lowest BCUT2D eigenvalue weighted by molar-refractivity contribution is -0.117. The van der Waals surface area contributed by atoms with Gasteiger partial charge in [-0.1, -0.05) is 18.2 Å². The smallest absolute Gasteiger partial charge is 0.232 e. The van der Waals surface area contributed by atoms with Gasteiger partial charge in [0.05, 0.1) is 13.0 Å². The van der Waals surface area contributed by atoms with E-state index in [0.29, 0.717) is 17.9 Å². The molecule has 0 aliphatic rings. The minimum atomic E-state index is -0.457. The van der Waals surface area contributed by atoms with Crippen molar-refractivity contribution in [1.29, 1.82) is 0 Å². The van der Waals surface area contributed by atoms with E-state index >= 15 is 0 Å². The van der Waals surface area contributed by atoms with E-state index in [2.05, 4.69) is 10.3 Å². The molecule has 0 bridgehead atoms. The van der Waals surface area contributed by atoms with Gasteiger partial charge < -0.3 is 10.1 Å². The highest BCUT2D eigenvalue weighted by atomic mass is 19.1. The molecule has 3 aromatic rings. The van der Waals surface area contributed by atoms with E-state index in [1.165, 1.54) is 12.1 Å². The molecule has 0 saturated carbocycles. The molecule has 1 N–H and O–H groups in total. The number of pyridine rings is 1. The third kappa shape index (κ3) is 4.45. The van der Waals surface area contributed by atoms with Crippen LogP contribution in [-0.4, -0.2) is 18.0 Å². The molecule has 3 rings (SSSR count). The number of nitrogens with one attached hydrogen (secondary N) is 1.